The molecule has 0 saturated heterocycles. The highest BCUT2D eigenvalue weighted by Gasteiger charge is 2.25. The van der Waals surface area contributed by atoms with Gasteiger partial charge in [-0.15, -0.1) is 0 Å². The van der Waals surface area contributed by atoms with E-state index in [0.29, 0.717) is 6.54 Å². The first-order chi connectivity index (χ1) is 14.4. The van der Waals surface area contributed by atoms with Crippen molar-refractivity contribution in [2.75, 3.05) is 6.54 Å². The van der Waals surface area contributed by atoms with Gasteiger partial charge < -0.3 is 10.0 Å². The number of aromatic hydroxyl groups is 1. The van der Waals surface area contributed by atoms with Gasteiger partial charge in [-0.2, -0.15) is 0 Å². The Morgan fingerprint density at radius 2 is 1.87 bits per heavy atom. The highest BCUT2D eigenvalue weighted by Crippen LogP contribution is 2.37. The van der Waals surface area contributed by atoms with Crippen LogP contribution < -0.4 is 0 Å². The van der Waals surface area contributed by atoms with E-state index in [9.17, 15) is 9.90 Å². The monoisotopic (exact) mass is 405 g/mol. The smallest absolute Gasteiger partial charge is 0.214 e. The average molecular weight is 406 g/mol. The summed E-state index contributed by atoms with van der Waals surface area (Å²) in [6.07, 6.45) is 14.5. The molecule has 0 radical (unpaired) electrons. The van der Waals surface area contributed by atoms with Crippen molar-refractivity contribution in [3.05, 3.63) is 88.2 Å². The molecule has 0 aliphatic carbocycles. The Hall–Kier alpha value is -2.81. The van der Waals surface area contributed by atoms with Gasteiger partial charge in [-0.3, -0.25) is 4.79 Å². The first-order valence-corrected chi connectivity index (χ1v) is 10.9. The maximum atomic E-state index is 11.8. The predicted molar refractivity (Wildman–Crippen MR) is 126 cm³/mol. The lowest BCUT2D eigenvalue weighted by atomic mass is 9.84. The molecule has 1 amide bonds. The zero-order chi connectivity index (χ0) is 22.1. The molecule has 3 nitrogen and oxygen atoms in total. The number of hydrogen-bond acceptors (Lipinski definition) is 2. The van der Waals surface area contributed by atoms with Crippen LogP contribution in [0.15, 0.2) is 82.6 Å². The topological polar surface area (TPSA) is 40.5 Å². The lowest BCUT2D eigenvalue weighted by molar-refractivity contribution is -0.116. The van der Waals surface area contributed by atoms with Crippen LogP contribution in [0, 0.1) is 0 Å². The lowest BCUT2D eigenvalue weighted by Crippen LogP contribution is -2.30. The molecule has 0 bridgehead atoms. The summed E-state index contributed by atoms with van der Waals surface area (Å²) in [5, 5.41) is 9.63. The minimum atomic E-state index is 0.238. The van der Waals surface area contributed by atoms with E-state index in [1.165, 1.54) is 27.9 Å². The number of phenols is 1. The van der Waals surface area contributed by atoms with Gasteiger partial charge in [0.15, 0.2) is 0 Å². The number of carbonyl (C=O) groups excluding carboxylic acids is 1. The number of allylic oxidation sites excluding steroid dienone is 9. The van der Waals surface area contributed by atoms with Crippen molar-refractivity contribution in [2.24, 2.45) is 0 Å². The quantitative estimate of drug-likeness (QED) is 0.381. The standard InChI is InChI=1S/C27H35NO2/c1-6-9-23(11-10-20(4)7-2)22(8-3)18-27-21(5)26(16-17-28(27)19-29)24-12-14-25(30)15-13-24/h6,9-15,18-19,26,30H,7-8,16-17H2,1-5H3/b9-6-,20-10+,22-18+,23-11+. The summed E-state index contributed by atoms with van der Waals surface area (Å²) in [7, 11) is 0. The Kier molecular flexibility index (Phi) is 8.91. The van der Waals surface area contributed by atoms with Crippen LogP contribution in [0.25, 0.3) is 0 Å². The van der Waals surface area contributed by atoms with Crippen LogP contribution >= 0.6 is 0 Å². The maximum Gasteiger partial charge on any atom is 0.214 e. The first-order valence-electron chi connectivity index (χ1n) is 10.9. The van der Waals surface area contributed by atoms with Crippen LogP contribution in [0.2, 0.25) is 0 Å². The van der Waals surface area contributed by atoms with Crippen molar-refractivity contribution >= 4 is 6.41 Å². The highest BCUT2D eigenvalue weighted by molar-refractivity contribution is 5.58. The van der Waals surface area contributed by atoms with Crippen molar-refractivity contribution in [3.63, 3.8) is 0 Å². The van der Waals surface area contributed by atoms with Crippen LogP contribution in [0.5, 0.6) is 5.75 Å². The van der Waals surface area contributed by atoms with E-state index in [0.717, 1.165) is 31.4 Å². The summed E-state index contributed by atoms with van der Waals surface area (Å²) < 4.78 is 0. The normalized spacial score (nSPS) is 19.0. The summed E-state index contributed by atoms with van der Waals surface area (Å²) in [4.78, 5) is 13.6. The fourth-order valence-corrected chi connectivity index (χ4v) is 3.79. The van der Waals surface area contributed by atoms with Gasteiger partial charge in [-0.25, -0.2) is 0 Å². The second kappa shape index (κ2) is 11.4. The molecule has 1 heterocycles. The van der Waals surface area contributed by atoms with E-state index in [1.807, 2.05) is 24.0 Å². The number of amides is 1. The zero-order valence-electron chi connectivity index (χ0n) is 19.0. The van der Waals surface area contributed by atoms with Crippen molar-refractivity contribution < 1.29 is 9.90 Å². The maximum absolute atomic E-state index is 11.8. The molecule has 2 rings (SSSR count). The number of rotatable bonds is 8. The fraction of sp³-hybridized carbons (Fsp3) is 0.370. The number of benzene rings is 1. The van der Waals surface area contributed by atoms with Gasteiger partial charge in [0, 0.05) is 18.2 Å². The average Bonchev–Trinajstić information content (AvgIpc) is 2.76. The van der Waals surface area contributed by atoms with E-state index < -0.39 is 0 Å². The molecular formula is C27H35NO2. The summed E-state index contributed by atoms with van der Waals surface area (Å²) in [6.45, 7) is 11.3. The molecule has 30 heavy (non-hydrogen) atoms. The molecule has 1 aromatic carbocycles. The molecule has 0 saturated carbocycles. The van der Waals surface area contributed by atoms with Gasteiger partial charge in [0.2, 0.25) is 6.41 Å². The van der Waals surface area contributed by atoms with Crippen molar-refractivity contribution in [3.8, 4) is 5.75 Å². The Morgan fingerprint density at radius 3 is 2.43 bits per heavy atom. The van der Waals surface area contributed by atoms with E-state index in [4.69, 9.17) is 0 Å². The number of hydrogen-bond donors (Lipinski definition) is 1. The van der Waals surface area contributed by atoms with E-state index in [1.54, 1.807) is 12.1 Å². The molecule has 160 valence electrons. The second-order valence-corrected chi connectivity index (χ2v) is 7.81. The summed E-state index contributed by atoms with van der Waals surface area (Å²) in [5.41, 5.74) is 7.06. The van der Waals surface area contributed by atoms with Crippen LogP contribution in [0.4, 0.5) is 0 Å². The molecule has 1 aliphatic rings. The summed E-state index contributed by atoms with van der Waals surface area (Å²) in [5.74, 6) is 0.512. The molecule has 0 aromatic heterocycles. The predicted octanol–water partition coefficient (Wildman–Crippen LogP) is 6.81. The van der Waals surface area contributed by atoms with Crippen molar-refractivity contribution in [1.29, 1.82) is 0 Å². The van der Waals surface area contributed by atoms with Gasteiger partial charge >= 0.3 is 0 Å². The fourth-order valence-electron chi connectivity index (χ4n) is 3.79. The van der Waals surface area contributed by atoms with Crippen LogP contribution in [-0.4, -0.2) is 23.0 Å². The summed E-state index contributed by atoms with van der Waals surface area (Å²) >= 11 is 0. The SMILES string of the molecule is C\C=C/C(=C\C=C(/C)CC)C(=C/C1=C(C)C(c2ccc(O)cc2)CCN1C=O)/CC. The second-order valence-electron chi connectivity index (χ2n) is 7.81. The van der Waals surface area contributed by atoms with Gasteiger partial charge in [0.05, 0.1) is 0 Å². The Bertz CT molecular complexity index is 882. The van der Waals surface area contributed by atoms with Gasteiger partial charge in [0.1, 0.15) is 5.75 Å². The molecule has 0 fully saturated rings. The highest BCUT2D eigenvalue weighted by atomic mass is 16.3. The number of nitrogens with zero attached hydrogens (tertiary/aromatic N) is 1. The Morgan fingerprint density at radius 1 is 1.17 bits per heavy atom. The largest absolute Gasteiger partial charge is 0.508 e. The third-order valence-electron chi connectivity index (χ3n) is 5.83. The minimum Gasteiger partial charge on any atom is -0.508 e. The van der Waals surface area contributed by atoms with Crippen LogP contribution in [-0.2, 0) is 4.79 Å². The lowest BCUT2D eigenvalue weighted by Gasteiger charge is -2.33. The third kappa shape index (κ3) is 5.85. The molecule has 3 heteroatoms. The van der Waals surface area contributed by atoms with E-state index >= 15 is 0 Å². The van der Waals surface area contributed by atoms with Crippen LogP contribution in [0.1, 0.15) is 65.4 Å². The molecule has 0 spiro atoms. The third-order valence-corrected chi connectivity index (χ3v) is 5.83. The minimum absolute atomic E-state index is 0.238. The van der Waals surface area contributed by atoms with E-state index in [-0.39, 0.29) is 11.7 Å². The zero-order valence-corrected chi connectivity index (χ0v) is 19.0. The number of carbonyl (C=O) groups is 1. The van der Waals surface area contributed by atoms with Crippen LogP contribution in [0.3, 0.4) is 0 Å². The molecule has 1 atom stereocenters. The van der Waals surface area contributed by atoms with Crippen molar-refractivity contribution in [1.82, 2.24) is 4.90 Å². The van der Waals surface area contributed by atoms with Gasteiger partial charge in [-0.05, 0) is 80.5 Å². The Balaban J connectivity index is 2.55. The van der Waals surface area contributed by atoms with Gasteiger partial charge in [0.25, 0.3) is 0 Å². The molecule has 1 aliphatic heterocycles. The summed E-state index contributed by atoms with van der Waals surface area (Å²) in [6, 6.07) is 7.42. The number of phenolic OH excluding ortho intramolecular Hbond substituents is 1. The molecule has 1 aromatic rings. The first kappa shape index (κ1) is 23.5. The molecule has 1 N–H and O–H groups in total. The Labute approximate surface area is 181 Å². The van der Waals surface area contributed by atoms with Crippen molar-refractivity contribution in [2.45, 2.75) is 59.8 Å². The molecular weight excluding hydrogens is 370 g/mol. The van der Waals surface area contributed by atoms with Gasteiger partial charge in [-0.1, -0.05) is 55.9 Å². The van der Waals surface area contributed by atoms with E-state index in [2.05, 4.69) is 58.1 Å². The molecule has 1 unspecified atom stereocenters.